The molecule has 0 saturated heterocycles. The van der Waals surface area contributed by atoms with Crippen molar-refractivity contribution < 1.29 is 0 Å². The summed E-state index contributed by atoms with van der Waals surface area (Å²) < 4.78 is 5.78. The van der Waals surface area contributed by atoms with Gasteiger partial charge in [0.25, 0.3) is 0 Å². The van der Waals surface area contributed by atoms with Gasteiger partial charge < -0.3 is 19.0 Å². The SMILES string of the molecule is CC.CC1(C)c2ccccc2-c2ccc(N(c3ccc(Br)cc3)c3ccc(-c4ccccc4)cc3)cc21.c1ccc(-n2ccc3c2ccc2c4c5[nH]c6ccccc6c5ccc4n(-c4ccccc4)c23)cc1. The van der Waals surface area contributed by atoms with Gasteiger partial charge in [-0.25, -0.2) is 0 Å². The summed E-state index contributed by atoms with van der Waals surface area (Å²) in [4.78, 5) is 6.09. The van der Waals surface area contributed by atoms with Gasteiger partial charge in [-0.3, -0.25) is 0 Å². The van der Waals surface area contributed by atoms with Gasteiger partial charge in [-0.15, -0.1) is 0 Å². The molecule has 10 aromatic carbocycles. The van der Waals surface area contributed by atoms with Crippen molar-refractivity contribution >= 4 is 87.5 Å². The summed E-state index contributed by atoms with van der Waals surface area (Å²) in [7, 11) is 0. The van der Waals surface area contributed by atoms with E-state index in [4.69, 9.17) is 0 Å². The van der Waals surface area contributed by atoms with E-state index in [1.54, 1.807) is 0 Å². The maximum absolute atomic E-state index is 3.74. The van der Waals surface area contributed by atoms with Crippen molar-refractivity contribution in [1.82, 2.24) is 14.1 Å². The molecule has 1 aliphatic carbocycles. The molecule has 348 valence electrons. The summed E-state index contributed by atoms with van der Waals surface area (Å²) >= 11 is 3.60. The third-order valence-electron chi connectivity index (χ3n) is 14.4. The lowest BCUT2D eigenvalue weighted by Crippen LogP contribution is -2.16. The van der Waals surface area contributed by atoms with E-state index in [1.165, 1.54) is 105 Å². The average molecular weight is 994 g/mol. The quantitative estimate of drug-likeness (QED) is 0.177. The summed E-state index contributed by atoms with van der Waals surface area (Å²) in [5.74, 6) is 0. The zero-order valence-electron chi connectivity index (χ0n) is 40.8. The molecule has 0 aliphatic heterocycles. The summed E-state index contributed by atoms with van der Waals surface area (Å²) in [5.41, 5.74) is 19.7. The molecule has 0 radical (unpaired) electrons. The highest BCUT2D eigenvalue weighted by molar-refractivity contribution is 9.10. The van der Waals surface area contributed by atoms with Crippen LogP contribution in [-0.2, 0) is 5.41 Å². The molecule has 1 aliphatic rings. The molecule has 1 N–H and O–H groups in total. The Morgan fingerprint density at radius 1 is 0.444 bits per heavy atom. The minimum atomic E-state index is -0.0372. The first-order valence-electron chi connectivity index (χ1n) is 24.9. The monoisotopic (exact) mass is 992 g/mol. The standard InChI is InChI=1S/C33H26BrN.C32H21N3.C2H6/c1-33(2)31-11-7-6-10-29(31)30-21-20-28(22-32(30)33)35(27-18-14-25(34)15-19-27)26-16-12-24(13-17-26)23-8-4-3-5-9-23;1-3-9-21(10-4-1)34-20-19-25-28(34)17-16-26-30-29(35(32(25)26)22-11-5-2-6-12-22)18-15-24-23-13-7-8-14-27(23)33-31(24)30;1-2/h3-22H,1-2H3;1-20,33H;1-2H3. The topological polar surface area (TPSA) is 28.9 Å². The number of aromatic nitrogens is 3. The zero-order chi connectivity index (χ0) is 48.9. The van der Waals surface area contributed by atoms with Crippen molar-refractivity contribution in [2.75, 3.05) is 4.90 Å². The van der Waals surface area contributed by atoms with E-state index in [2.05, 4.69) is 292 Å². The van der Waals surface area contributed by atoms with Crippen LogP contribution in [0, 0.1) is 0 Å². The first-order chi connectivity index (χ1) is 35.4. The Kier molecular flexibility index (Phi) is 11.5. The van der Waals surface area contributed by atoms with Crippen LogP contribution in [-0.4, -0.2) is 14.1 Å². The molecule has 3 heterocycles. The molecule has 0 bridgehead atoms. The van der Waals surface area contributed by atoms with Gasteiger partial charge >= 0.3 is 0 Å². The van der Waals surface area contributed by atoms with Crippen LogP contribution in [0.5, 0.6) is 0 Å². The van der Waals surface area contributed by atoms with E-state index in [0.717, 1.165) is 15.8 Å². The number of hydrogen-bond donors (Lipinski definition) is 1. The van der Waals surface area contributed by atoms with E-state index in [0.29, 0.717) is 0 Å². The van der Waals surface area contributed by atoms with Crippen molar-refractivity contribution in [3.05, 3.63) is 258 Å². The van der Waals surface area contributed by atoms with Crippen molar-refractivity contribution in [2.24, 2.45) is 0 Å². The number of H-pyrrole nitrogens is 1. The van der Waals surface area contributed by atoms with Gasteiger partial charge in [-0.05, 0) is 137 Å². The Morgan fingerprint density at radius 2 is 1.01 bits per heavy atom. The Morgan fingerprint density at radius 3 is 1.75 bits per heavy atom. The van der Waals surface area contributed by atoms with Crippen molar-refractivity contribution in [3.8, 4) is 33.6 Å². The number of fused-ring (bicyclic) bond motifs is 12. The third kappa shape index (κ3) is 7.51. The molecule has 0 fully saturated rings. The average Bonchev–Trinajstić information content (AvgIpc) is 4.20. The highest BCUT2D eigenvalue weighted by Crippen LogP contribution is 2.51. The van der Waals surface area contributed by atoms with Crippen LogP contribution >= 0.6 is 15.9 Å². The molecule has 0 atom stereocenters. The van der Waals surface area contributed by atoms with Crippen LogP contribution in [0.25, 0.3) is 88.1 Å². The highest BCUT2D eigenvalue weighted by Gasteiger charge is 2.35. The molecule has 4 nitrogen and oxygen atoms in total. The smallest absolute Gasteiger partial charge is 0.0635 e. The molecule has 72 heavy (non-hydrogen) atoms. The van der Waals surface area contributed by atoms with Crippen LogP contribution < -0.4 is 4.90 Å². The lowest BCUT2D eigenvalue weighted by atomic mass is 9.82. The second-order valence-corrected chi connectivity index (χ2v) is 19.7. The first kappa shape index (κ1) is 44.8. The lowest BCUT2D eigenvalue weighted by Gasteiger charge is -2.28. The number of anilines is 3. The van der Waals surface area contributed by atoms with Gasteiger partial charge in [0.15, 0.2) is 0 Å². The number of nitrogens with one attached hydrogen (secondary N) is 1. The fourth-order valence-corrected chi connectivity index (χ4v) is 11.4. The summed E-state index contributed by atoms with van der Waals surface area (Å²) in [6, 6.07) is 84.9. The molecule has 0 amide bonds. The second kappa shape index (κ2) is 18.4. The highest BCUT2D eigenvalue weighted by atomic mass is 79.9. The van der Waals surface area contributed by atoms with E-state index in [-0.39, 0.29) is 5.41 Å². The van der Waals surface area contributed by atoms with Crippen LogP contribution in [0.1, 0.15) is 38.8 Å². The summed E-state index contributed by atoms with van der Waals surface area (Å²) in [6.45, 7) is 8.67. The third-order valence-corrected chi connectivity index (χ3v) is 15.0. The maximum atomic E-state index is 3.74. The van der Waals surface area contributed by atoms with Gasteiger partial charge in [0.1, 0.15) is 0 Å². The Labute approximate surface area is 429 Å². The molecule has 3 aromatic heterocycles. The predicted molar refractivity (Wildman–Crippen MR) is 310 cm³/mol. The molecule has 0 spiro atoms. The van der Waals surface area contributed by atoms with Gasteiger partial charge in [-0.1, -0.05) is 177 Å². The number of halogens is 1. The van der Waals surface area contributed by atoms with Crippen LogP contribution in [0.4, 0.5) is 17.1 Å². The molecule has 13 aromatic rings. The van der Waals surface area contributed by atoms with E-state index >= 15 is 0 Å². The normalized spacial score (nSPS) is 12.3. The number of rotatable bonds is 6. The van der Waals surface area contributed by atoms with Crippen LogP contribution in [0.2, 0.25) is 0 Å². The van der Waals surface area contributed by atoms with E-state index < -0.39 is 0 Å². The number of benzene rings is 10. The van der Waals surface area contributed by atoms with Crippen LogP contribution in [0.15, 0.2) is 247 Å². The molecule has 0 unspecified atom stereocenters. The Hall–Kier alpha value is -8.38. The Balaban J connectivity index is 0.000000142. The van der Waals surface area contributed by atoms with Gasteiger partial charge in [0.2, 0.25) is 0 Å². The van der Waals surface area contributed by atoms with Gasteiger partial charge in [0.05, 0.1) is 22.1 Å². The fraction of sp³-hybridized carbons (Fsp3) is 0.0746. The molecular formula is C67H53BrN4. The van der Waals surface area contributed by atoms with E-state index in [1.807, 2.05) is 13.8 Å². The second-order valence-electron chi connectivity index (χ2n) is 18.8. The largest absolute Gasteiger partial charge is 0.354 e. The van der Waals surface area contributed by atoms with Crippen molar-refractivity contribution in [2.45, 2.75) is 33.1 Å². The lowest BCUT2D eigenvalue weighted by molar-refractivity contribution is 0.660. The minimum absolute atomic E-state index is 0.0372. The van der Waals surface area contributed by atoms with Crippen molar-refractivity contribution in [1.29, 1.82) is 0 Å². The maximum Gasteiger partial charge on any atom is 0.0635 e. The van der Waals surface area contributed by atoms with E-state index in [9.17, 15) is 0 Å². The summed E-state index contributed by atoms with van der Waals surface area (Å²) in [5, 5.41) is 6.31. The predicted octanol–water partition coefficient (Wildman–Crippen LogP) is 19.3. The summed E-state index contributed by atoms with van der Waals surface area (Å²) in [6.07, 6.45) is 2.19. The number of hydrogen-bond acceptors (Lipinski definition) is 1. The molecule has 14 rings (SSSR count). The number of aromatic amines is 1. The van der Waals surface area contributed by atoms with Gasteiger partial charge in [-0.2, -0.15) is 0 Å². The first-order valence-corrected chi connectivity index (χ1v) is 25.7. The Bertz CT molecular complexity index is 4070. The molecule has 5 heteroatoms. The van der Waals surface area contributed by atoms with Crippen LogP contribution in [0.3, 0.4) is 0 Å². The van der Waals surface area contributed by atoms with Crippen molar-refractivity contribution in [3.63, 3.8) is 0 Å². The van der Waals surface area contributed by atoms with Gasteiger partial charge in [0, 0.05) is 77.0 Å². The minimum Gasteiger partial charge on any atom is -0.354 e. The fourth-order valence-electron chi connectivity index (χ4n) is 11.1. The zero-order valence-corrected chi connectivity index (χ0v) is 42.4. The molecular weight excluding hydrogens is 941 g/mol. The number of para-hydroxylation sites is 3. The number of nitrogens with zero attached hydrogens (tertiary/aromatic N) is 3. The molecule has 0 saturated carbocycles.